The zero-order valence-corrected chi connectivity index (χ0v) is 14.8. The number of nitrogens with one attached hydrogen (secondary N) is 1. The van der Waals surface area contributed by atoms with Crippen molar-refractivity contribution in [3.05, 3.63) is 29.8 Å². The molecule has 1 heterocycles. The second-order valence-electron chi connectivity index (χ2n) is 5.63. The van der Waals surface area contributed by atoms with E-state index in [1.807, 2.05) is 0 Å². The summed E-state index contributed by atoms with van der Waals surface area (Å²) in [5.74, 6) is -0.863. The zero-order chi connectivity index (χ0) is 18.4. The van der Waals surface area contributed by atoms with Gasteiger partial charge in [-0.05, 0) is 32.4 Å². The minimum absolute atomic E-state index is 0.0696. The highest BCUT2D eigenvalue weighted by Gasteiger charge is 2.29. The van der Waals surface area contributed by atoms with Crippen molar-refractivity contribution < 1.29 is 27.5 Å². The predicted octanol–water partition coefficient (Wildman–Crippen LogP) is 1.00. The van der Waals surface area contributed by atoms with E-state index in [-0.39, 0.29) is 29.8 Å². The van der Waals surface area contributed by atoms with Crippen LogP contribution in [0.3, 0.4) is 0 Å². The van der Waals surface area contributed by atoms with Crippen LogP contribution in [0.1, 0.15) is 32.3 Å². The number of esters is 2. The third kappa shape index (κ3) is 5.28. The Balaban J connectivity index is 1.79. The van der Waals surface area contributed by atoms with Gasteiger partial charge in [0.25, 0.3) is 10.0 Å². The van der Waals surface area contributed by atoms with Crippen LogP contribution < -0.4 is 4.72 Å². The molecular formula is C16H20N2O6S. The molecule has 1 N–H and O–H groups in total. The molecule has 0 saturated heterocycles. The summed E-state index contributed by atoms with van der Waals surface area (Å²) in [5, 5.41) is 0. The van der Waals surface area contributed by atoms with Crippen LogP contribution in [-0.2, 0) is 29.1 Å². The maximum Gasteiger partial charge on any atom is 0.344 e. The molecule has 0 atom stereocenters. The molecule has 8 nitrogen and oxygen atoms in total. The number of hydrogen-bond donors (Lipinski definition) is 1. The second kappa shape index (κ2) is 8.11. The molecule has 0 bridgehead atoms. The van der Waals surface area contributed by atoms with Gasteiger partial charge in [-0.15, -0.1) is 0 Å². The molecule has 0 radical (unpaired) electrons. The van der Waals surface area contributed by atoms with Crippen molar-refractivity contribution >= 4 is 27.8 Å². The second-order valence-corrected chi connectivity index (χ2v) is 7.29. The molecule has 25 heavy (non-hydrogen) atoms. The third-order valence-electron chi connectivity index (χ3n) is 3.19. The molecule has 0 saturated carbocycles. The highest BCUT2D eigenvalue weighted by atomic mass is 32.2. The summed E-state index contributed by atoms with van der Waals surface area (Å²) in [4.78, 5) is 27.2. The van der Waals surface area contributed by atoms with E-state index in [9.17, 15) is 18.0 Å². The summed E-state index contributed by atoms with van der Waals surface area (Å²) in [7, 11) is -3.56. The lowest BCUT2D eigenvalue weighted by atomic mass is 10.2. The molecular weight excluding hydrogens is 348 g/mol. The molecule has 1 aromatic rings. The number of hydrogen-bond acceptors (Lipinski definition) is 7. The average Bonchev–Trinajstić information content (AvgIpc) is 2.80. The van der Waals surface area contributed by atoms with Crippen LogP contribution in [-0.4, -0.2) is 45.4 Å². The average molecular weight is 368 g/mol. The highest BCUT2D eigenvalue weighted by Crippen LogP contribution is 2.22. The molecule has 1 aromatic carbocycles. The van der Waals surface area contributed by atoms with Crippen molar-refractivity contribution in [3.63, 3.8) is 0 Å². The Morgan fingerprint density at radius 3 is 2.64 bits per heavy atom. The number of aliphatic imine (C=N–C) groups is 1. The predicted molar refractivity (Wildman–Crippen MR) is 89.6 cm³/mol. The first-order valence-corrected chi connectivity index (χ1v) is 9.29. The fourth-order valence-electron chi connectivity index (χ4n) is 2.17. The van der Waals surface area contributed by atoms with E-state index in [0.717, 1.165) is 0 Å². The molecule has 0 aliphatic carbocycles. The van der Waals surface area contributed by atoms with Gasteiger partial charge < -0.3 is 9.47 Å². The molecule has 0 amide bonds. The van der Waals surface area contributed by atoms with Crippen molar-refractivity contribution in [2.75, 3.05) is 13.2 Å². The lowest BCUT2D eigenvalue weighted by molar-refractivity contribution is -0.161. The minimum Gasteiger partial charge on any atom is -0.460 e. The zero-order valence-electron chi connectivity index (χ0n) is 14.0. The van der Waals surface area contributed by atoms with Gasteiger partial charge >= 0.3 is 11.9 Å². The summed E-state index contributed by atoms with van der Waals surface area (Å²) < 4.78 is 35.9. The topological polar surface area (TPSA) is 111 Å². The number of sulfonamides is 1. The maximum atomic E-state index is 11.9. The molecule has 0 fully saturated rings. The first kappa shape index (κ1) is 18.9. The van der Waals surface area contributed by atoms with Crippen molar-refractivity contribution in [1.29, 1.82) is 0 Å². The van der Waals surface area contributed by atoms with Gasteiger partial charge in [0.2, 0.25) is 0 Å². The third-order valence-corrected chi connectivity index (χ3v) is 4.59. The number of fused-ring (bicyclic) bond motifs is 1. The molecule has 1 aliphatic heterocycles. The van der Waals surface area contributed by atoms with Gasteiger partial charge in [0.1, 0.15) is 5.84 Å². The van der Waals surface area contributed by atoms with Crippen LogP contribution in [0.5, 0.6) is 0 Å². The Morgan fingerprint density at radius 1 is 1.20 bits per heavy atom. The first-order chi connectivity index (χ1) is 11.8. The fraction of sp³-hybridized carbons (Fsp3) is 0.438. The fourth-order valence-corrected chi connectivity index (χ4v) is 3.42. The Morgan fingerprint density at radius 2 is 1.92 bits per heavy atom. The van der Waals surface area contributed by atoms with Crippen molar-refractivity contribution in [3.8, 4) is 0 Å². The van der Waals surface area contributed by atoms with E-state index in [0.29, 0.717) is 12.0 Å². The van der Waals surface area contributed by atoms with Crippen LogP contribution in [0, 0.1) is 0 Å². The van der Waals surface area contributed by atoms with Crippen LogP contribution in [0.2, 0.25) is 0 Å². The molecule has 1 aliphatic rings. The van der Waals surface area contributed by atoms with Crippen LogP contribution >= 0.6 is 0 Å². The Kier molecular flexibility index (Phi) is 6.13. The van der Waals surface area contributed by atoms with Gasteiger partial charge in [0, 0.05) is 18.5 Å². The number of benzene rings is 1. The van der Waals surface area contributed by atoms with Gasteiger partial charge in [-0.1, -0.05) is 12.1 Å². The Labute approximate surface area is 146 Å². The first-order valence-electron chi connectivity index (χ1n) is 7.81. The molecule has 0 aromatic heterocycles. The van der Waals surface area contributed by atoms with Gasteiger partial charge in [0.05, 0.1) is 11.0 Å². The monoisotopic (exact) mass is 368 g/mol. The summed E-state index contributed by atoms with van der Waals surface area (Å²) in [6.07, 6.45) is 0.172. The number of amidine groups is 1. The van der Waals surface area contributed by atoms with E-state index in [4.69, 9.17) is 9.47 Å². The van der Waals surface area contributed by atoms with Crippen molar-refractivity contribution in [1.82, 2.24) is 4.72 Å². The highest BCUT2D eigenvalue weighted by molar-refractivity contribution is 7.90. The molecule has 2 rings (SSSR count). The largest absolute Gasteiger partial charge is 0.460 e. The normalized spacial score (nSPS) is 16.4. The van der Waals surface area contributed by atoms with Gasteiger partial charge in [-0.25, -0.2) is 13.2 Å². The smallest absolute Gasteiger partial charge is 0.344 e. The number of nitrogens with zero attached hydrogens (tertiary/aromatic N) is 1. The summed E-state index contributed by atoms with van der Waals surface area (Å²) in [6.45, 7) is 3.24. The van der Waals surface area contributed by atoms with Crippen LogP contribution in [0.4, 0.5) is 0 Å². The molecule has 136 valence electrons. The van der Waals surface area contributed by atoms with Crippen molar-refractivity contribution in [2.45, 2.75) is 37.7 Å². The van der Waals surface area contributed by atoms with Gasteiger partial charge in [-0.2, -0.15) is 0 Å². The number of rotatable bonds is 7. The van der Waals surface area contributed by atoms with Crippen molar-refractivity contribution in [2.24, 2.45) is 4.99 Å². The number of carbonyl (C=O) groups is 2. The van der Waals surface area contributed by atoms with E-state index < -0.39 is 28.6 Å². The van der Waals surface area contributed by atoms with E-state index in [2.05, 4.69) is 9.71 Å². The number of carbonyl (C=O) groups excluding carboxylic acids is 2. The SMILES string of the molecule is CC(C)OC(=O)COC(=O)CCCN=C1NS(=O)(=O)c2ccccc21. The molecule has 9 heteroatoms. The van der Waals surface area contributed by atoms with Gasteiger partial charge in [0.15, 0.2) is 6.61 Å². The summed E-state index contributed by atoms with van der Waals surface area (Å²) >= 11 is 0. The number of ether oxygens (including phenoxy) is 2. The Bertz CT molecular complexity index is 786. The molecule has 0 unspecified atom stereocenters. The summed E-state index contributed by atoms with van der Waals surface area (Å²) in [5.41, 5.74) is 0.515. The summed E-state index contributed by atoms with van der Waals surface area (Å²) in [6, 6.07) is 6.54. The lowest BCUT2D eigenvalue weighted by Gasteiger charge is -2.08. The quantitative estimate of drug-likeness (QED) is 0.568. The van der Waals surface area contributed by atoms with E-state index in [1.54, 1.807) is 32.0 Å². The van der Waals surface area contributed by atoms with Gasteiger partial charge in [-0.3, -0.25) is 14.5 Å². The van der Waals surface area contributed by atoms with E-state index in [1.165, 1.54) is 6.07 Å². The minimum atomic E-state index is -3.56. The Hall–Kier alpha value is -2.42. The standard InChI is InChI=1S/C16H20N2O6S/c1-11(2)24-15(20)10-23-14(19)8-5-9-17-16-12-6-3-4-7-13(12)25(21,22)18-16/h3-4,6-7,11H,5,8-10H2,1-2H3,(H,17,18). The van der Waals surface area contributed by atoms with Crippen LogP contribution in [0.15, 0.2) is 34.2 Å². The maximum absolute atomic E-state index is 11.9. The lowest BCUT2D eigenvalue weighted by Crippen LogP contribution is -2.22. The molecule has 0 spiro atoms. The van der Waals surface area contributed by atoms with Crippen LogP contribution in [0.25, 0.3) is 0 Å². The van der Waals surface area contributed by atoms with E-state index >= 15 is 0 Å².